The lowest BCUT2D eigenvalue weighted by atomic mass is 9.78. The third kappa shape index (κ3) is 4.34. The molecule has 1 aromatic heterocycles. The molecule has 2 nitrogen and oxygen atoms in total. The fourth-order valence-corrected chi connectivity index (χ4v) is 9.75. The smallest absolute Gasteiger partial charge is 0.143 e. The zero-order valence-corrected chi connectivity index (χ0v) is 29.6. The highest BCUT2D eigenvalue weighted by molar-refractivity contribution is 6.17. The van der Waals surface area contributed by atoms with E-state index in [9.17, 15) is 0 Å². The topological polar surface area (TPSA) is 22.4 Å². The largest absolute Gasteiger partial charge is 0.461 e. The average molecular weight is 691 g/mol. The van der Waals surface area contributed by atoms with Gasteiger partial charge in [0, 0.05) is 33.6 Å². The predicted molar refractivity (Wildman–Crippen MR) is 225 cm³/mol. The molecule has 8 aromatic carbocycles. The van der Waals surface area contributed by atoms with Crippen molar-refractivity contribution in [1.29, 1.82) is 0 Å². The molecule has 2 unspecified atom stereocenters. The lowest BCUT2D eigenvalue weighted by Gasteiger charge is -2.26. The first kappa shape index (κ1) is 29.9. The van der Waals surface area contributed by atoms with Gasteiger partial charge in [0.05, 0.1) is 0 Å². The van der Waals surface area contributed by atoms with Gasteiger partial charge in [0.15, 0.2) is 0 Å². The van der Waals surface area contributed by atoms with Gasteiger partial charge < -0.3 is 9.15 Å². The molecule has 1 aliphatic heterocycles. The molecule has 2 heterocycles. The molecule has 0 bridgehead atoms. The predicted octanol–water partition coefficient (Wildman–Crippen LogP) is 14.2. The summed E-state index contributed by atoms with van der Waals surface area (Å²) in [7, 11) is 0. The van der Waals surface area contributed by atoms with Crippen LogP contribution in [0.4, 0.5) is 0 Å². The minimum Gasteiger partial charge on any atom is -0.461 e. The van der Waals surface area contributed by atoms with Crippen LogP contribution in [0.5, 0.6) is 5.75 Å². The van der Waals surface area contributed by atoms with Crippen molar-refractivity contribution in [2.24, 2.45) is 0 Å². The quantitative estimate of drug-likeness (QED) is 0.172. The Labute approximate surface area is 312 Å². The minimum atomic E-state index is 0.133. The van der Waals surface area contributed by atoms with Gasteiger partial charge in [-0.1, -0.05) is 140 Å². The molecule has 0 saturated heterocycles. The van der Waals surface area contributed by atoms with Crippen molar-refractivity contribution in [3.8, 4) is 5.75 Å². The Morgan fingerprint density at radius 3 is 1.91 bits per heavy atom. The standard InChI is InChI=1S/C52H34O2/c1-2-15-36-31(11-1)12-10-21-37(36)32-13-9-14-34(27-32)50-39-17-3-5-19-41(39)51(42-20-6-4-18-40(42)50)35-24-26-48-45(28-35)46-30-44-33(29-49(46)53-48)23-25-43-38-16-7-8-22-47(38)54-52(43)44/h1-26,29-30,32,45H,27-28H2. The molecule has 9 aromatic rings. The van der Waals surface area contributed by atoms with Gasteiger partial charge in [-0.3, -0.25) is 0 Å². The summed E-state index contributed by atoms with van der Waals surface area (Å²) >= 11 is 0. The van der Waals surface area contributed by atoms with E-state index in [1.807, 2.05) is 6.07 Å². The van der Waals surface area contributed by atoms with Crippen molar-refractivity contribution in [2.45, 2.75) is 24.7 Å². The number of hydrogen-bond donors (Lipinski definition) is 0. The van der Waals surface area contributed by atoms with Gasteiger partial charge in [-0.2, -0.15) is 0 Å². The van der Waals surface area contributed by atoms with Gasteiger partial charge in [-0.15, -0.1) is 0 Å². The number of rotatable bonds is 3. The van der Waals surface area contributed by atoms with Gasteiger partial charge >= 0.3 is 0 Å². The van der Waals surface area contributed by atoms with Crippen LogP contribution in [0.3, 0.4) is 0 Å². The van der Waals surface area contributed by atoms with E-state index in [4.69, 9.17) is 9.15 Å². The lowest BCUT2D eigenvalue weighted by molar-refractivity contribution is 0.427. The second kappa shape index (κ2) is 11.4. The van der Waals surface area contributed by atoms with E-state index in [1.165, 1.54) is 65.7 Å². The van der Waals surface area contributed by atoms with Crippen LogP contribution >= 0.6 is 0 Å². The van der Waals surface area contributed by atoms with E-state index in [0.29, 0.717) is 5.92 Å². The molecule has 12 rings (SSSR count). The van der Waals surface area contributed by atoms with Crippen LogP contribution in [-0.2, 0) is 0 Å². The Morgan fingerprint density at radius 1 is 0.463 bits per heavy atom. The molecule has 2 heteroatoms. The van der Waals surface area contributed by atoms with Gasteiger partial charge in [0.2, 0.25) is 0 Å². The minimum absolute atomic E-state index is 0.133. The van der Waals surface area contributed by atoms with Crippen molar-refractivity contribution < 1.29 is 9.15 Å². The summed E-state index contributed by atoms with van der Waals surface area (Å²) in [5.41, 5.74) is 9.89. The number of furan rings is 1. The monoisotopic (exact) mass is 690 g/mol. The SMILES string of the molecule is C1=CC(c2cccc3ccccc23)CC(c2c3ccccc3c(C3=CC=C4Oc5cc6ccc7c8ccccc8oc7c6cc5C4C3)c3ccccc23)=C1. The van der Waals surface area contributed by atoms with E-state index >= 15 is 0 Å². The molecule has 0 spiro atoms. The van der Waals surface area contributed by atoms with Crippen LogP contribution < -0.4 is 4.74 Å². The molecule has 54 heavy (non-hydrogen) atoms. The molecule has 3 aliphatic rings. The van der Waals surface area contributed by atoms with E-state index in [1.54, 1.807) is 0 Å². The van der Waals surface area contributed by atoms with Gasteiger partial charge in [-0.25, -0.2) is 0 Å². The normalized spacial score (nSPS) is 17.9. The summed E-state index contributed by atoms with van der Waals surface area (Å²) in [6, 6.07) is 50.8. The van der Waals surface area contributed by atoms with Gasteiger partial charge in [-0.05, 0) is 109 Å². The van der Waals surface area contributed by atoms with E-state index in [2.05, 4.69) is 164 Å². The first-order chi connectivity index (χ1) is 26.8. The highest BCUT2D eigenvalue weighted by atomic mass is 16.5. The van der Waals surface area contributed by atoms with Gasteiger partial charge in [0.25, 0.3) is 0 Å². The van der Waals surface area contributed by atoms with Crippen LogP contribution in [0.1, 0.15) is 46.9 Å². The van der Waals surface area contributed by atoms with Gasteiger partial charge in [0.1, 0.15) is 22.7 Å². The van der Waals surface area contributed by atoms with Crippen molar-refractivity contribution in [3.63, 3.8) is 0 Å². The molecule has 0 amide bonds. The van der Waals surface area contributed by atoms with Crippen molar-refractivity contribution in [1.82, 2.24) is 0 Å². The molecular formula is C52H34O2. The third-order valence-corrected chi connectivity index (χ3v) is 12.2. The lowest BCUT2D eigenvalue weighted by Crippen LogP contribution is -2.06. The van der Waals surface area contributed by atoms with Crippen LogP contribution in [-0.4, -0.2) is 0 Å². The average Bonchev–Trinajstić information content (AvgIpc) is 3.79. The summed E-state index contributed by atoms with van der Waals surface area (Å²) in [5, 5.41) is 12.4. The first-order valence-electron chi connectivity index (χ1n) is 19.0. The summed E-state index contributed by atoms with van der Waals surface area (Å²) in [6.07, 6.45) is 13.3. The van der Waals surface area contributed by atoms with E-state index in [-0.39, 0.29) is 5.92 Å². The Morgan fingerprint density at radius 2 is 1.13 bits per heavy atom. The second-order valence-electron chi connectivity index (χ2n) is 15.1. The summed E-state index contributed by atoms with van der Waals surface area (Å²) in [4.78, 5) is 0. The first-order valence-corrected chi connectivity index (χ1v) is 19.0. The number of para-hydroxylation sites is 1. The summed E-state index contributed by atoms with van der Waals surface area (Å²) in [6.45, 7) is 0. The molecule has 0 N–H and O–H groups in total. The maximum atomic E-state index is 6.59. The molecule has 0 saturated carbocycles. The second-order valence-corrected chi connectivity index (χ2v) is 15.1. The zero-order chi connectivity index (χ0) is 35.3. The van der Waals surface area contributed by atoms with Crippen LogP contribution in [0.15, 0.2) is 180 Å². The van der Waals surface area contributed by atoms with Crippen molar-refractivity contribution in [2.75, 3.05) is 0 Å². The summed E-state index contributed by atoms with van der Waals surface area (Å²) < 4.78 is 13.1. The Hall–Kier alpha value is -6.64. The Balaban J connectivity index is 0.979. The number of hydrogen-bond acceptors (Lipinski definition) is 2. The Bertz CT molecular complexity index is 3140. The maximum Gasteiger partial charge on any atom is 0.143 e. The fraction of sp³-hybridized carbons (Fsp3) is 0.0769. The van der Waals surface area contributed by atoms with Crippen molar-refractivity contribution in [3.05, 3.63) is 198 Å². The molecule has 2 atom stereocenters. The highest BCUT2D eigenvalue weighted by Crippen LogP contribution is 2.52. The van der Waals surface area contributed by atoms with E-state index in [0.717, 1.165) is 57.1 Å². The maximum absolute atomic E-state index is 6.59. The summed E-state index contributed by atoms with van der Waals surface area (Å²) in [5.74, 6) is 2.41. The number of ether oxygens (including phenoxy) is 1. The number of allylic oxidation sites excluding steroid dienone is 8. The highest BCUT2D eigenvalue weighted by Gasteiger charge is 2.34. The fourth-order valence-electron chi connectivity index (χ4n) is 9.75. The van der Waals surface area contributed by atoms with Crippen molar-refractivity contribution >= 4 is 76.2 Å². The number of fused-ring (bicyclic) bond motifs is 11. The van der Waals surface area contributed by atoms with Crippen LogP contribution in [0, 0.1) is 0 Å². The molecule has 254 valence electrons. The molecule has 2 aliphatic carbocycles. The number of benzene rings is 8. The van der Waals surface area contributed by atoms with E-state index < -0.39 is 0 Å². The molecular weight excluding hydrogens is 657 g/mol. The third-order valence-electron chi connectivity index (χ3n) is 12.2. The molecule has 0 radical (unpaired) electrons. The molecule has 0 fully saturated rings. The Kier molecular flexibility index (Phi) is 6.32. The van der Waals surface area contributed by atoms with Crippen LogP contribution in [0.2, 0.25) is 0 Å². The zero-order valence-electron chi connectivity index (χ0n) is 29.6. The van der Waals surface area contributed by atoms with Crippen LogP contribution in [0.25, 0.3) is 76.2 Å².